The number of amides is 10. The number of esters is 1. The van der Waals surface area contributed by atoms with Gasteiger partial charge >= 0.3 is 5.97 Å². The molecule has 3 aliphatic rings. The number of phenolic OH excluding ortho intramolecular Hbond substituents is 1. The second kappa shape index (κ2) is 25.5. The van der Waals surface area contributed by atoms with Crippen molar-refractivity contribution in [1.82, 2.24) is 52.4 Å². The molecule has 10 amide bonds. The SMILES string of the molecule is CCC(C)C1NC(=O)CNC(=O)C2Cc3c([nH]c4cc(O)ccc34)S(=O)CC(NC(=O)CNC1=O)C(=O)NC(CC(N)=O)C(=O)N1CC(O)CC1C(=O)NC(C(C)C(O)COC(=O)CCCC(=O)NC)C(=O)N2. The standard InChI is InChI=1S/C45H63N11O16S/c1-5-20(2)37-42(68)49-15-34(62)50-29-19-73(71)44-25(24-10-9-22(57)11-26(24)53-44)13-27(39(65)48-16-35(63)54-37)51-43(69)38(21(3)31(59)18-72-36(64)8-6-7-33(61)47-4)55-41(67)30-12-23(58)17-56(30)45(70)28(14-32(46)60)52-40(29)66/h9-11,20-21,23,27-31,37-38,53,57-59H,5-8,12-19H2,1-4H3,(H2,46,60)(H,47,61)(H,48,65)(H,49,68)(H,50,62)(H,51,69)(H,52,66)(H,54,63)(H,55,67). The number of hydrogen-bond donors (Lipinski definition) is 13. The maximum atomic E-state index is 14.8. The zero-order valence-corrected chi connectivity index (χ0v) is 41.4. The van der Waals surface area contributed by atoms with Crippen LogP contribution in [0.15, 0.2) is 23.2 Å². The summed E-state index contributed by atoms with van der Waals surface area (Å²) in [6.07, 6.45) is -4.84. The minimum atomic E-state index is -2.43. The summed E-state index contributed by atoms with van der Waals surface area (Å²) in [7, 11) is -1.01. The number of aromatic amines is 1. The Bertz CT molecular complexity index is 2500. The van der Waals surface area contributed by atoms with Gasteiger partial charge in [0.1, 0.15) is 53.6 Å². The molecule has 14 N–H and O–H groups in total. The normalized spacial score (nSPS) is 26.2. The van der Waals surface area contributed by atoms with E-state index in [0.29, 0.717) is 6.42 Å². The number of aliphatic hydroxyl groups excluding tert-OH is 2. The topological polar surface area (TPSA) is 416 Å². The van der Waals surface area contributed by atoms with Crippen molar-refractivity contribution in [3.63, 3.8) is 0 Å². The van der Waals surface area contributed by atoms with Crippen molar-refractivity contribution >= 4 is 86.7 Å². The highest BCUT2D eigenvalue weighted by Gasteiger charge is 2.45. The average molecular weight is 1050 g/mol. The number of fused-ring (bicyclic) bond motifs is 5. The van der Waals surface area contributed by atoms with Crippen molar-refractivity contribution in [2.45, 2.75) is 119 Å². The van der Waals surface area contributed by atoms with E-state index in [0.717, 1.165) is 4.90 Å². The van der Waals surface area contributed by atoms with Crippen molar-refractivity contribution in [3.8, 4) is 5.75 Å². The van der Waals surface area contributed by atoms with Crippen molar-refractivity contribution in [1.29, 1.82) is 0 Å². The van der Waals surface area contributed by atoms with E-state index in [2.05, 4.69) is 47.5 Å². The van der Waals surface area contributed by atoms with E-state index in [1.165, 1.54) is 32.2 Å². The number of nitrogens with two attached hydrogens (primary N) is 1. The summed E-state index contributed by atoms with van der Waals surface area (Å²) in [6, 6.07) is -6.37. The number of carbonyl (C=O) groups is 11. The van der Waals surface area contributed by atoms with E-state index in [1.54, 1.807) is 13.8 Å². The Morgan fingerprint density at radius 3 is 2.23 bits per heavy atom. The van der Waals surface area contributed by atoms with Gasteiger partial charge in [-0.15, -0.1) is 0 Å². The zero-order valence-electron chi connectivity index (χ0n) is 40.6. The second-order valence-corrected chi connectivity index (χ2v) is 19.6. The molecule has 11 unspecified atom stereocenters. The summed E-state index contributed by atoms with van der Waals surface area (Å²) >= 11 is 0. The minimum Gasteiger partial charge on any atom is -0.508 e. The third kappa shape index (κ3) is 14.9. The lowest BCUT2D eigenvalue weighted by molar-refractivity contribution is -0.149. The van der Waals surface area contributed by atoms with Crippen LogP contribution in [-0.4, -0.2) is 182 Å². The highest BCUT2D eigenvalue weighted by atomic mass is 32.2. The first-order valence-corrected chi connectivity index (χ1v) is 24.9. The number of nitrogens with one attached hydrogen (secondary N) is 9. The predicted octanol–water partition coefficient (Wildman–Crippen LogP) is -5.45. The van der Waals surface area contributed by atoms with E-state index in [9.17, 15) is 72.3 Å². The van der Waals surface area contributed by atoms with Crippen LogP contribution in [0.4, 0.5) is 0 Å². The average Bonchev–Trinajstić information content (AvgIpc) is 3.92. The fourth-order valence-electron chi connectivity index (χ4n) is 8.46. The van der Waals surface area contributed by atoms with Crippen molar-refractivity contribution in [3.05, 3.63) is 23.8 Å². The van der Waals surface area contributed by atoms with Gasteiger partial charge < -0.3 is 78.2 Å². The summed E-state index contributed by atoms with van der Waals surface area (Å²) in [6.45, 7) is 1.77. The highest BCUT2D eigenvalue weighted by Crippen LogP contribution is 2.30. The first kappa shape index (κ1) is 56.7. The fourth-order valence-corrected chi connectivity index (χ4v) is 9.85. The fraction of sp³-hybridized carbons (Fsp3) is 0.578. The molecule has 2 aromatic rings. The number of ether oxygens (including phenoxy) is 1. The van der Waals surface area contributed by atoms with Gasteiger partial charge in [0.25, 0.3) is 0 Å². The quantitative estimate of drug-likeness (QED) is 0.0883. The van der Waals surface area contributed by atoms with Gasteiger partial charge in [-0.2, -0.15) is 0 Å². The lowest BCUT2D eigenvalue weighted by Gasteiger charge is -2.33. The van der Waals surface area contributed by atoms with E-state index in [-0.39, 0.29) is 52.4 Å². The molecular formula is C45H63N11O16S. The molecule has 5 rings (SSSR count). The Labute approximate surface area is 420 Å². The van der Waals surface area contributed by atoms with Gasteiger partial charge in [-0.25, -0.2) is 0 Å². The molecule has 0 spiro atoms. The molecule has 2 bridgehead atoms. The molecule has 0 aliphatic carbocycles. The predicted molar refractivity (Wildman–Crippen MR) is 254 cm³/mol. The first-order chi connectivity index (χ1) is 34.5. The van der Waals surface area contributed by atoms with Gasteiger partial charge in [0.05, 0.1) is 53.8 Å². The van der Waals surface area contributed by atoms with Gasteiger partial charge in [0.15, 0.2) is 0 Å². The number of carbonyl (C=O) groups excluding carboxylic acids is 11. The smallest absolute Gasteiger partial charge is 0.305 e. The molecule has 0 saturated carbocycles. The van der Waals surface area contributed by atoms with Crippen LogP contribution in [0.1, 0.15) is 64.9 Å². The number of H-pyrrole nitrogens is 1. The van der Waals surface area contributed by atoms with Crippen LogP contribution in [-0.2, 0) is 74.7 Å². The number of primary amides is 1. The largest absolute Gasteiger partial charge is 0.508 e. The molecule has 27 nitrogen and oxygen atoms in total. The number of phenols is 1. The lowest BCUT2D eigenvalue weighted by atomic mass is 9.93. The van der Waals surface area contributed by atoms with Crippen LogP contribution in [0.5, 0.6) is 5.75 Å². The van der Waals surface area contributed by atoms with Gasteiger partial charge in [0, 0.05) is 56.6 Å². The maximum Gasteiger partial charge on any atom is 0.305 e. The van der Waals surface area contributed by atoms with Gasteiger partial charge in [-0.3, -0.25) is 56.9 Å². The number of aliphatic hydroxyl groups is 2. The number of aromatic hydroxyl groups is 1. The van der Waals surface area contributed by atoms with Crippen LogP contribution < -0.4 is 48.3 Å². The summed E-state index contributed by atoms with van der Waals surface area (Å²) in [4.78, 5) is 153. The number of nitrogens with zero attached hydrogens (tertiary/aromatic N) is 1. The molecule has 1 fully saturated rings. The van der Waals surface area contributed by atoms with Gasteiger partial charge in [-0.05, 0) is 30.0 Å². The van der Waals surface area contributed by atoms with Crippen LogP contribution in [0.25, 0.3) is 10.9 Å². The summed E-state index contributed by atoms with van der Waals surface area (Å²) in [5.74, 6) is -13.7. The minimum absolute atomic E-state index is 0.00379. The van der Waals surface area contributed by atoms with Gasteiger partial charge in [0.2, 0.25) is 59.1 Å². The first-order valence-electron chi connectivity index (χ1n) is 23.6. The summed E-state index contributed by atoms with van der Waals surface area (Å²) in [5.41, 5.74) is 5.71. The number of hydrogen-bond acceptors (Lipinski definition) is 16. The highest BCUT2D eigenvalue weighted by molar-refractivity contribution is 7.85. The summed E-state index contributed by atoms with van der Waals surface area (Å²) in [5, 5.41) is 52.3. The molecule has 1 aromatic heterocycles. The molecule has 1 saturated heterocycles. The Morgan fingerprint density at radius 2 is 1.56 bits per heavy atom. The van der Waals surface area contributed by atoms with Gasteiger partial charge in [-0.1, -0.05) is 27.2 Å². The number of benzene rings is 1. The summed E-state index contributed by atoms with van der Waals surface area (Å²) < 4.78 is 19.9. The number of aromatic nitrogens is 1. The van der Waals surface area contributed by atoms with E-state index in [1.807, 2.05) is 0 Å². The van der Waals surface area contributed by atoms with E-state index < -0.39 is 181 Å². The molecule has 28 heteroatoms. The van der Waals surface area contributed by atoms with Crippen LogP contribution >= 0.6 is 0 Å². The Balaban J connectivity index is 1.68. The van der Waals surface area contributed by atoms with E-state index in [4.69, 9.17) is 10.5 Å². The van der Waals surface area contributed by atoms with Crippen LogP contribution in [0, 0.1) is 11.8 Å². The molecular weight excluding hydrogens is 983 g/mol. The molecule has 0 radical (unpaired) electrons. The van der Waals surface area contributed by atoms with Crippen LogP contribution in [0.2, 0.25) is 0 Å². The molecule has 11 atom stereocenters. The Kier molecular flexibility index (Phi) is 19.8. The Morgan fingerprint density at radius 1 is 0.877 bits per heavy atom. The van der Waals surface area contributed by atoms with Crippen molar-refractivity contribution in [2.24, 2.45) is 17.6 Å². The monoisotopic (exact) mass is 1050 g/mol. The number of rotatable bonds is 12. The maximum absolute atomic E-state index is 14.8. The molecule has 1 aromatic carbocycles. The molecule has 73 heavy (non-hydrogen) atoms. The lowest BCUT2D eigenvalue weighted by Crippen LogP contribution is -2.62. The van der Waals surface area contributed by atoms with Crippen molar-refractivity contribution in [2.75, 3.05) is 39.0 Å². The third-order valence-electron chi connectivity index (χ3n) is 12.8. The van der Waals surface area contributed by atoms with E-state index >= 15 is 0 Å². The third-order valence-corrected chi connectivity index (χ3v) is 14.3. The molecule has 4 heterocycles. The zero-order chi connectivity index (χ0) is 53.8. The molecule has 400 valence electrons. The second-order valence-electron chi connectivity index (χ2n) is 18.2. The Hall–Kier alpha value is -7.20. The molecule has 3 aliphatic heterocycles. The van der Waals surface area contributed by atoms with Crippen LogP contribution in [0.3, 0.4) is 0 Å². The van der Waals surface area contributed by atoms with Crippen molar-refractivity contribution < 1.29 is 77.0 Å².